The molecule has 0 spiro atoms. The first kappa shape index (κ1) is 13.0. The van der Waals surface area contributed by atoms with E-state index >= 15 is 0 Å². The Labute approximate surface area is 95.4 Å². The third kappa shape index (κ3) is 6.91. The molecule has 0 heterocycles. The highest BCUT2D eigenvalue weighted by molar-refractivity contribution is 4.78. The van der Waals surface area contributed by atoms with Crippen LogP contribution < -0.4 is 5.32 Å². The second kappa shape index (κ2) is 5.86. The molecule has 0 aromatic carbocycles. The quantitative estimate of drug-likeness (QED) is 0.697. The van der Waals surface area contributed by atoms with Crippen LogP contribution in [0.3, 0.4) is 0 Å². The van der Waals surface area contributed by atoms with Crippen molar-refractivity contribution in [2.75, 3.05) is 26.2 Å². The second-order valence-corrected chi connectivity index (χ2v) is 5.92. The lowest BCUT2D eigenvalue weighted by Crippen LogP contribution is -2.42. The summed E-state index contributed by atoms with van der Waals surface area (Å²) in [6.45, 7) is 13.9. The van der Waals surface area contributed by atoms with Crippen molar-refractivity contribution in [3.05, 3.63) is 0 Å². The number of hydrogen-bond acceptors (Lipinski definition) is 2. The lowest BCUT2D eigenvalue weighted by Gasteiger charge is -2.25. The van der Waals surface area contributed by atoms with Crippen LogP contribution in [-0.4, -0.2) is 36.6 Å². The first-order chi connectivity index (χ1) is 7.01. The predicted molar refractivity (Wildman–Crippen MR) is 67.2 cm³/mol. The fourth-order valence-electron chi connectivity index (χ4n) is 1.87. The zero-order valence-corrected chi connectivity index (χ0v) is 11.0. The summed E-state index contributed by atoms with van der Waals surface area (Å²) in [5, 5.41) is 3.56. The van der Waals surface area contributed by atoms with Crippen molar-refractivity contribution < 1.29 is 0 Å². The SMILES string of the molecule is CCCN(CCNC(C)(C)C)CC1CC1. The van der Waals surface area contributed by atoms with Crippen molar-refractivity contribution >= 4 is 0 Å². The van der Waals surface area contributed by atoms with Crippen molar-refractivity contribution in [3.8, 4) is 0 Å². The minimum Gasteiger partial charge on any atom is -0.311 e. The molecule has 0 unspecified atom stereocenters. The first-order valence-electron chi connectivity index (χ1n) is 6.48. The van der Waals surface area contributed by atoms with Gasteiger partial charge in [0, 0.05) is 25.2 Å². The average molecular weight is 212 g/mol. The van der Waals surface area contributed by atoms with Crippen LogP contribution in [-0.2, 0) is 0 Å². The minimum absolute atomic E-state index is 0.261. The molecule has 0 aromatic rings. The van der Waals surface area contributed by atoms with Gasteiger partial charge in [-0.2, -0.15) is 0 Å². The van der Waals surface area contributed by atoms with E-state index in [-0.39, 0.29) is 5.54 Å². The van der Waals surface area contributed by atoms with E-state index in [4.69, 9.17) is 0 Å². The first-order valence-corrected chi connectivity index (χ1v) is 6.48. The normalized spacial score (nSPS) is 17.4. The average Bonchev–Trinajstić information content (AvgIpc) is 2.86. The molecule has 1 aliphatic rings. The molecular formula is C13H28N2. The van der Waals surface area contributed by atoms with Crippen molar-refractivity contribution in [1.82, 2.24) is 10.2 Å². The Morgan fingerprint density at radius 1 is 1.20 bits per heavy atom. The van der Waals surface area contributed by atoms with Crippen molar-refractivity contribution in [1.29, 1.82) is 0 Å². The summed E-state index contributed by atoms with van der Waals surface area (Å²) in [5.41, 5.74) is 0.261. The van der Waals surface area contributed by atoms with Crippen LogP contribution in [0.4, 0.5) is 0 Å². The maximum atomic E-state index is 3.56. The molecule has 0 aromatic heterocycles. The van der Waals surface area contributed by atoms with Gasteiger partial charge in [0.05, 0.1) is 0 Å². The Kier molecular flexibility index (Phi) is 5.07. The van der Waals surface area contributed by atoms with Crippen molar-refractivity contribution in [2.45, 2.75) is 52.5 Å². The van der Waals surface area contributed by atoms with Crippen LogP contribution in [0.15, 0.2) is 0 Å². The van der Waals surface area contributed by atoms with Crippen molar-refractivity contribution in [3.63, 3.8) is 0 Å². The summed E-state index contributed by atoms with van der Waals surface area (Å²) in [5.74, 6) is 1.02. The number of hydrogen-bond donors (Lipinski definition) is 1. The Bertz CT molecular complexity index is 168. The third-order valence-electron chi connectivity index (χ3n) is 2.84. The maximum Gasteiger partial charge on any atom is 0.0107 e. The van der Waals surface area contributed by atoms with Crippen LogP contribution in [0.2, 0.25) is 0 Å². The highest BCUT2D eigenvalue weighted by Crippen LogP contribution is 2.29. The van der Waals surface area contributed by atoms with Gasteiger partial charge in [-0.05, 0) is 52.5 Å². The van der Waals surface area contributed by atoms with E-state index in [1.807, 2.05) is 0 Å². The van der Waals surface area contributed by atoms with Crippen LogP contribution >= 0.6 is 0 Å². The molecule has 2 heteroatoms. The Balaban J connectivity index is 2.12. The van der Waals surface area contributed by atoms with Gasteiger partial charge in [0.1, 0.15) is 0 Å². The molecule has 90 valence electrons. The van der Waals surface area contributed by atoms with Gasteiger partial charge in [0.15, 0.2) is 0 Å². The van der Waals surface area contributed by atoms with E-state index in [0.29, 0.717) is 0 Å². The van der Waals surface area contributed by atoms with E-state index in [0.717, 1.165) is 12.5 Å². The van der Waals surface area contributed by atoms with Gasteiger partial charge >= 0.3 is 0 Å². The highest BCUT2D eigenvalue weighted by atomic mass is 15.1. The van der Waals surface area contributed by atoms with Gasteiger partial charge in [0.2, 0.25) is 0 Å². The fraction of sp³-hybridized carbons (Fsp3) is 1.00. The number of nitrogens with one attached hydrogen (secondary N) is 1. The molecule has 0 amide bonds. The standard InChI is InChI=1S/C13H28N2/c1-5-9-15(11-12-6-7-12)10-8-14-13(2,3)4/h12,14H,5-11H2,1-4H3. The summed E-state index contributed by atoms with van der Waals surface area (Å²) < 4.78 is 0. The Morgan fingerprint density at radius 2 is 1.87 bits per heavy atom. The van der Waals surface area contributed by atoms with Gasteiger partial charge in [0.25, 0.3) is 0 Å². The largest absolute Gasteiger partial charge is 0.311 e. The Hall–Kier alpha value is -0.0800. The van der Waals surface area contributed by atoms with Gasteiger partial charge in [-0.15, -0.1) is 0 Å². The minimum atomic E-state index is 0.261. The molecule has 2 nitrogen and oxygen atoms in total. The molecule has 0 atom stereocenters. The molecule has 0 saturated heterocycles. The third-order valence-corrected chi connectivity index (χ3v) is 2.84. The monoisotopic (exact) mass is 212 g/mol. The van der Waals surface area contributed by atoms with Crippen LogP contribution in [0.25, 0.3) is 0 Å². The highest BCUT2D eigenvalue weighted by Gasteiger charge is 2.23. The van der Waals surface area contributed by atoms with Gasteiger partial charge in [-0.25, -0.2) is 0 Å². The van der Waals surface area contributed by atoms with E-state index in [1.165, 1.54) is 38.9 Å². The van der Waals surface area contributed by atoms with Crippen molar-refractivity contribution in [2.24, 2.45) is 5.92 Å². The van der Waals surface area contributed by atoms with Crippen LogP contribution in [0, 0.1) is 5.92 Å². The summed E-state index contributed by atoms with van der Waals surface area (Å²) in [4.78, 5) is 2.62. The zero-order chi connectivity index (χ0) is 11.3. The smallest absolute Gasteiger partial charge is 0.0107 e. The molecule has 0 bridgehead atoms. The van der Waals surface area contributed by atoms with Gasteiger partial charge in [-0.1, -0.05) is 6.92 Å². The molecule has 1 aliphatic carbocycles. The van der Waals surface area contributed by atoms with E-state index < -0.39 is 0 Å². The molecule has 1 N–H and O–H groups in total. The van der Waals surface area contributed by atoms with Gasteiger partial charge in [-0.3, -0.25) is 0 Å². The lowest BCUT2D eigenvalue weighted by atomic mass is 10.1. The summed E-state index contributed by atoms with van der Waals surface area (Å²) >= 11 is 0. The molecule has 15 heavy (non-hydrogen) atoms. The van der Waals surface area contributed by atoms with Gasteiger partial charge < -0.3 is 10.2 Å². The Morgan fingerprint density at radius 3 is 2.33 bits per heavy atom. The molecule has 1 saturated carbocycles. The maximum absolute atomic E-state index is 3.56. The van der Waals surface area contributed by atoms with Crippen LogP contribution in [0.1, 0.15) is 47.0 Å². The van der Waals surface area contributed by atoms with E-state index in [1.54, 1.807) is 0 Å². The summed E-state index contributed by atoms with van der Waals surface area (Å²) in [6.07, 6.45) is 4.21. The van der Waals surface area contributed by atoms with E-state index in [2.05, 4.69) is 37.9 Å². The molecule has 1 fully saturated rings. The predicted octanol–water partition coefficient (Wildman–Crippen LogP) is 2.50. The number of rotatable bonds is 7. The second-order valence-electron chi connectivity index (χ2n) is 5.92. The number of nitrogens with zero attached hydrogens (tertiary/aromatic N) is 1. The lowest BCUT2D eigenvalue weighted by molar-refractivity contribution is 0.252. The molecule has 0 radical (unpaired) electrons. The zero-order valence-electron chi connectivity index (χ0n) is 11.0. The molecule has 1 rings (SSSR count). The summed E-state index contributed by atoms with van der Waals surface area (Å²) in [7, 11) is 0. The summed E-state index contributed by atoms with van der Waals surface area (Å²) in [6, 6.07) is 0. The molecule has 0 aliphatic heterocycles. The molecular weight excluding hydrogens is 184 g/mol. The fourth-order valence-corrected chi connectivity index (χ4v) is 1.87. The van der Waals surface area contributed by atoms with Crippen LogP contribution in [0.5, 0.6) is 0 Å². The van der Waals surface area contributed by atoms with E-state index in [9.17, 15) is 0 Å². The topological polar surface area (TPSA) is 15.3 Å².